The van der Waals surface area contributed by atoms with Crippen LogP contribution in [0.5, 0.6) is 0 Å². The van der Waals surface area contributed by atoms with Crippen LogP contribution >= 0.6 is 11.6 Å². The van der Waals surface area contributed by atoms with Gasteiger partial charge in [-0.05, 0) is 46.9 Å². The molecule has 1 aliphatic rings. The van der Waals surface area contributed by atoms with Crippen LogP contribution in [-0.2, 0) is 5.41 Å². The standard InChI is InChI=1S/C27H27ClN4O2/c1-27(2,3)21-9-7-20(8-10-21)25(33)31-14-16-32(17-15-31)26-23(18-29)30-24(34-26)13-6-19-4-11-22(28)12-5-19/h4-13H,14-17H2,1-3H3. The Morgan fingerprint density at radius 1 is 1.03 bits per heavy atom. The lowest BCUT2D eigenvalue weighted by molar-refractivity contribution is 0.0745. The number of benzene rings is 2. The lowest BCUT2D eigenvalue weighted by Crippen LogP contribution is -2.48. The van der Waals surface area contributed by atoms with Crippen LogP contribution in [0.4, 0.5) is 5.88 Å². The minimum Gasteiger partial charge on any atom is -0.420 e. The van der Waals surface area contributed by atoms with Gasteiger partial charge in [0.15, 0.2) is 0 Å². The summed E-state index contributed by atoms with van der Waals surface area (Å²) in [5.74, 6) is 0.823. The molecule has 2 heterocycles. The summed E-state index contributed by atoms with van der Waals surface area (Å²) >= 11 is 5.92. The summed E-state index contributed by atoms with van der Waals surface area (Å²) in [6.07, 6.45) is 3.59. The van der Waals surface area contributed by atoms with Gasteiger partial charge in [-0.2, -0.15) is 10.2 Å². The highest BCUT2D eigenvalue weighted by Crippen LogP contribution is 2.26. The maximum Gasteiger partial charge on any atom is 0.253 e. The topological polar surface area (TPSA) is 73.4 Å². The van der Waals surface area contributed by atoms with Crippen LogP contribution in [0.3, 0.4) is 0 Å². The number of piperazine rings is 1. The minimum atomic E-state index is 0.0183. The Labute approximate surface area is 205 Å². The molecule has 1 fully saturated rings. The van der Waals surface area contributed by atoms with Gasteiger partial charge in [0.2, 0.25) is 17.5 Å². The molecule has 4 rings (SSSR count). The van der Waals surface area contributed by atoms with E-state index in [1.54, 1.807) is 6.08 Å². The molecule has 0 saturated carbocycles. The number of aromatic nitrogens is 1. The van der Waals surface area contributed by atoms with Crippen molar-refractivity contribution in [1.29, 1.82) is 5.26 Å². The Hall–Kier alpha value is -3.56. The molecular weight excluding hydrogens is 448 g/mol. The largest absolute Gasteiger partial charge is 0.420 e. The molecule has 0 spiro atoms. The fourth-order valence-corrected chi connectivity index (χ4v) is 3.96. The highest BCUT2D eigenvalue weighted by atomic mass is 35.5. The third-order valence-corrected chi connectivity index (χ3v) is 6.12. The Morgan fingerprint density at radius 3 is 2.26 bits per heavy atom. The van der Waals surface area contributed by atoms with Crippen LogP contribution < -0.4 is 4.90 Å². The lowest BCUT2D eigenvalue weighted by atomic mass is 9.86. The maximum absolute atomic E-state index is 13.0. The molecule has 2 aromatic carbocycles. The highest BCUT2D eigenvalue weighted by Gasteiger charge is 2.26. The number of halogens is 1. The smallest absolute Gasteiger partial charge is 0.253 e. The zero-order chi connectivity index (χ0) is 24.3. The second-order valence-corrected chi connectivity index (χ2v) is 9.75. The lowest BCUT2D eigenvalue weighted by Gasteiger charge is -2.34. The van der Waals surface area contributed by atoms with Gasteiger partial charge in [-0.25, -0.2) is 0 Å². The van der Waals surface area contributed by atoms with Gasteiger partial charge in [0.05, 0.1) is 0 Å². The van der Waals surface area contributed by atoms with E-state index in [9.17, 15) is 10.1 Å². The van der Waals surface area contributed by atoms with Crippen molar-refractivity contribution in [2.75, 3.05) is 31.1 Å². The number of rotatable bonds is 4. The van der Waals surface area contributed by atoms with Gasteiger partial charge >= 0.3 is 0 Å². The van der Waals surface area contributed by atoms with Crippen molar-refractivity contribution in [3.63, 3.8) is 0 Å². The van der Waals surface area contributed by atoms with Crippen molar-refractivity contribution < 1.29 is 9.21 Å². The molecule has 1 amide bonds. The average Bonchev–Trinajstić information content (AvgIpc) is 3.26. The van der Waals surface area contributed by atoms with Crippen molar-refractivity contribution in [2.45, 2.75) is 26.2 Å². The molecule has 3 aromatic rings. The molecule has 0 bridgehead atoms. The summed E-state index contributed by atoms with van der Waals surface area (Å²) in [6.45, 7) is 8.68. The Kier molecular flexibility index (Phi) is 6.76. The van der Waals surface area contributed by atoms with E-state index in [4.69, 9.17) is 16.0 Å². The van der Waals surface area contributed by atoms with E-state index in [0.29, 0.717) is 48.5 Å². The summed E-state index contributed by atoms with van der Waals surface area (Å²) in [5.41, 5.74) is 3.13. The SMILES string of the molecule is CC(C)(C)c1ccc(C(=O)N2CCN(c3oc(C=Cc4ccc(Cl)cc4)nc3C#N)CC2)cc1. The van der Waals surface area contributed by atoms with E-state index in [-0.39, 0.29) is 17.0 Å². The molecule has 1 saturated heterocycles. The number of carbonyl (C=O) groups is 1. The molecule has 1 aliphatic heterocycles. The normalized spacial score (nSPS) is 14.4. The van der Waals surface area contributed by atoms with Crippen LogP contribution in [0.15, 0.2) is 52.9 Å². The third-order valence-electron chi connectivity index (χ3n) is 5.87. The van der Waals surface area contributed by atoms with Crippen molar-refractivity contribution in [3.05, 3.63) is 81.8 Å². The number of amides is 1. The van der Waals surface area contributed by atoms with Gasteiger partial charge in [-0.15, -0.1) is 0 Å². The molecule has 0 unspecified atom stereocenters. The van der Waals surface area contributed by atoms with Crippen LogP contribution in [-0.4, -0.2) is 42.0 Å². The van der Waals surface area contributed by atoms with Gasteiger partial charge in [0.25, 0.3) is 5.91 Å². The molecule has 0 N–H and O–H groups in total. The van der Waals surface area contributed by atoms with Crippen LogP contribution in [0.25, 0.3) is 12.2 Å². The average molecular weight is 475 g/mol. The van der Waals surface area contributed by atoms with E-state index in [2.05, 4.69) is 31.8 Å². The van der Waals surface area contributed by atoms with Gasteiger partial charge in [-0.1, -0.05) is 56.6 Å². The zero-order valence-corrected chi connectivity index (χ0v) is 20.3. The fourth-order valence-electron chi connectivity index (χ4n) is 3.84. The molecule has 174 valence electrons. The van der Waals surface area contributed by atoms with Gasteiger partial charge in [-0.3, -0.25) is 4.79 Å². The van der Waals surface area contributed by atoms with E-state index in [0.717, 1.165) is 5.56 Å². The first kappa shape index (κ1) is 23.6. The second kappa shape index (κ2) is 9.74. The number of carbonyl (C=O) groups excluding carboxylic acids is 1. The number of oxazole rings is 1. The summed E-state index contributed by atoms with van der Waals surface area (Å²) in [5, 5.41) is 10.2. The van der Waals surface area contributed by atoms with Crippen LogP contribution in [0, 0.1) is 11.3 Å². The summed E-state index contributed by atoms with van der Waals surface area (Å²) in [4.78, 5) is 21.1. The predicted molar refractivity (Wildman–Crippen MR) is 135 cm³/mol. The van der Waals surface area contributed by atoms with E-state index in [1.165, 1.54) is 5.56 Å². The fraction of sp³-hybridized carbons (Fsp3) is 0.296. The van der Waals surface area contributed by atoms with Gasteiger partial charge in [0.1, 0.15) is 6.07 Å². The van der Waals surface area contributed by atoms with Crippen LogP contribution in [0.2, 0.25) is 5.02 Å². The molecular formula is C27H27ClN4O2. The highest BCUT2D eigenvalue weighted by molar-refractivity contribution is 6.30. The summed E-state index contributed by atoms with van der Waals surface area (Å²) < 4.78 is 5.89. The molecule has 34 heavy (non-hydrogen) atoms. The Balaban J connectivity index is 1.41. The first-order valence-electron chi connectivity index (χ1n) is 11.2. The molecule has 0 aliphatic carbocycles. The zero-order valence-electron chi connectivity index (χ0n) is 19.6. The van der Waals surface area contributed by atoms with E-state index >= 15 is 0 Å². The molecule has 0 radical (unpaired) electrons. The monoisotopic (exact) mass is 474 g/mol. The van der Waals surface area contributed by atoms with Crippen molar-refractivity contribution in [3.8, 4) is 6.07 Å². The van der Waals surface area contributed by atoms with Crippen molar-refractivity contribution >= 4 is 35.5 Å². The molecule has 6 nitrogen and oxygen atoms in total. The summed E-state index contributed by atoms with van der Waals surface area (Å²) in [7, 11) is 0. The minimum absolute atomic E-state index is 0.0183. The third kappa shape index (κ3) is 5.32. The quantitative estimate of drug-likeness (QED) is 0.490. The Bertz CT molecular complexity index is 1220. The number of anilines is 1. The first-order valence-corrected chi connectivity index (χ1v) is 11.6. The summed E-state index contributed by atoms with van der Waals surface area (Å²) in [6, 6.07) is 17.4. The van der Waals surface area contributed by atoms with Crippen molar-refractivity contribution in [2.24, 2.45) is 0 Å². The molecule has 7 heteroatoms. The Morgan fingerprint density at radius 2 is 1.68 bits per heavy atom. The van der Waals surface area contributed by atoms with E-state index < -0.39 is 0 Å². The van der Waals surface area contributed by atoms with Gasteiger partial charge in [0, 0.05) is 42.8 Å². The second-order valence-electron chi connectivity index (χ2n) is 9.31. The molecule has 1 aromatic heterocycles. The predicted octanol–water partition coefficient (Wildman–Crippen LogP) is 5.63. The first-order chi connectivity index (χ1) is 16.2. The number of nitriles is 1. The number of nitrogens with zero attached hydrogens (tertiary/aromatic N) is 4. The van der Waals surface area contributed by atoms with Crippen LogP contribution in [0.1, 0.15) is 53.8 Å². The molecule has 0 atom stereocenters. The van der Waals surface area contributed by atoms with E-state index in [1.807, 2.05) is 64.4 Å². The number of hydrogen-bond acceptors (Lipinski definition) is 5. The number of hydrogen-bond donors (Lipinski definition) is 0. The maximum atomic E-state index is 13.0. The van der Waals surface area contributed by atoms with Crippen molar-refractivity contribution in [1.82, 2.24) is 9.88 Å². The van der Waals surface area contributed by atoms with Gasteiger partial charge < -0.3 is 14.2 Å².